The molecule has 6 heteroatoms. The third-order valence-corrected chi connectivity index (χ3v) is 3.21. The first kappa shape index (κ1) is 11.5. The zero-order valence-corrected chi connectivity index (χ0v) is 10.4. The maximum absolute atomic E-state index is 11.1. The van der Waals surface area contributed by atoms with Gasteiger partial charge < -0.3 is 9.13 Å². The van der Waals surface area contributed by atoms with E-state index in [-0.39, 0.29) is 10.6 Å². The van der Waals surface area contributed by atoms with E-state index in [2.05, 4.69) is 4.98 Å². The Hall–Kier alpha value is -2.63. The molecule has 0 aliphatic rings. The highest BCUT2D eigenvalue weighted by Crippen LogP contribution is 2.26. The van der Waals surface area contributed by atoms with Gasteiger partial charge in [-0.15, -0.1) is 0 Å². The van der Waals surface area contributed by atoms with E-state index >= 15 is 0 Å². The summed E-state index contributed by atoms with van der Waals surface area (Å²) in [5, 5.41) is 12.0. The molecule has 2 aromatic heterocycles. The molecule has 0 radical (unpaired) electrons. The number of benzene rings is 1. The average Bonchev–Trinajstić information content (AvgIpc) is 2.97. The van der Waals surface area contributed by atoms with Gasteiger partial charge in [0.05, 0.1) is 23.5 Å². The van der Waals surface area contributed by atoms with Crippen molar-refractivity contribution in [1.82, 2.24) is 14.1 Å². The van der Waals surface area contributed by atoms with Gasteiger partial charge in [0.1, 0.15) is 5.52 Å². The molecule has 0 saturated carbocycles. The zero-order valence-electron chi connectivity index (χ0n) is 10.4. The standard InChI is InChI=1S/C13H12N4O2/c1-15-9-14-7-11(15)8-16-6-5-10-3-2-4-12(13(10)16)17(18)19/h2-7,9H,8H2,1H3. The summed E-state index contributed by atoms with van der Waals surface area (Å²) < 4.78 is 3.78. The smallest absolute Gasteiger partial charge is 0.293 e. The minimum atomic E-state index is -0.345. The lowest BCUT2D eigenvalue weighted by atomic mass is 10.2. The van der Waals surface area contributed by atoms with Crippen molar-refractivity contribution < 1.29 is 4.92 Å². The molecule has 0 unspecified atom stereocenters. The molecule has 2 heterocycles. The lowest BCUT2D eigenvalue weighted by Crippen LogP contribution is -2.04. The maximum Gasteiger partial charge on any atom is 0.293 e. The fourth-order valence-electron chi connectivity index (χ4n) is 2.23. The van der Waals surface area contributed by atoms with Crippen molar-refractivity contribution in [3.05, 3.63) is 58.8 Å². The summed E-state index contributed by atoms with van der Waals surface area (Å²) in [7, 11) is 1.91. The zero-order chi connectivity index (χ0) is 13.4. The van der Waals surface area contributed by atoms with Crippen molar-refractivity contribution >= 4 is 16.6 Å². The van der Waals surface area contributed by atoms with Crippen LogP contribution in [0.5, 0.6) is 0 Å². The summed E-state index contributed by atoms with van der Waals surface area (Å²) >= 11 is 0. The quantitative estimate of drug-likeness (QED) is 0.533. The first-order valence-corrected chi connectivity index (χ1v) is 5.84. The number of para-hydroxylation sites is 1. The first-order valence-electron chi connectivity index (χ1n) is 5.84. The Kier molecular flexibility index (Phi) is 2.56. The van der Waals surface area contributed by atoms with Crippen LogP contribution >= 0.6 is 0 Å². The molecule has 3 aromatic rings. The number of non-ortho nitro benzene ring substituents is 1. The Balaban J connectivity index is 2.14. The van der Waals surface area contributed by atoms with E-state index in [1.54, 1.807) is 18.6 Å². The average molecular weight is 256 g/mol. The van der Waals surface area contributed by atoms with Crippen molar-refractivity contribution in [1.29, 1.82) is 0 Å². The third-order valence-electron chi connectivity index (χ3n) is 3.21. The normalized spacial score (nSPS) is 11.0. The number of rotatable bonds is 3. The summed E-state index contributed by atoms with van der Waals surface area (Å²) in [5.41, 5.74) is 1.77. The van der Waals surface area contributed by atoms with Gasteiger partial charge in [0.25, 0.3) is 5.69 Å². The van der Waals surface area contributed by atoms with Gasteiger partial charge in [-0.3, -0.25) is 10.1 Å². The highest BCUT2D eigenvalue weighted by molar-refractivity contribution is 5.88. The Labute approximate surface area is 109 Å². The van der Waals surface area contributed by atoms with Crippen molar-refractivity contribution in [2.75, 3.05) is 0 Å². The van der Waals surface area contributed by atoms with Gasteiger partial charge in [0, 0.05) is 30.9 Å². The van der Waals surface area contributed by atoms with Crippen LogP contribution in [0.3, 0.4) is 0 Å². The first-order chi connectivity index (χ1) is 9.16. The molecule has 0 bridgehead atoms. The maximum atomic E-state index is 11.1. The summed E-state index contributed by atoms with van der Waals surface area (Å²) in [6, 6.07) is 7.00. The molecule has 0 fully saturated rings. The predicted molar refractivity (Wildman–Crippen MR) is 70.9 cm³/mol. The van der Waals surface area contributed by atoms with E-state index in [1.165, 1.54) is 6.07 Å². The predicted octanol–water partition coefficient (Wildman–Crippen LogP) is 2.33. The van der Waals surface area contributed by atoms with Gasteiger partial charge in [0.15, 0.2) is 0 Å². The van der Waals surface area contributed by atoms with Crippen molar-refractivity contribution in [3.8, 4) is 0 Å². The molecule has 0 atom stereocenters. The van der Waals surface area contributed by atoms with Crippen LogP contribution in [0.2, 0.25) is 0 Å². The second kappa shape index (κ2) is 4.24. The number of nitrogens with zero attached hydrogens (tertiary/aromatic N) is 4. The van der Waals surface area contributed by atoms with Gasteiger partial charge in [-0.2, -0.15) is 0 Å². The van der Waals surface area contributed by atoms with Crippen molar-refractivity contribution in [3.63, 3.8) is 0 Å². The number of aryl methyl sites for hydroxylation is 1. The molecule has 96 valence electrons. The molecule has 0 saturated heterocycles. The van der Waals surface area contributed by atoms with Gasteiger partial charge in [-0.25, -0.2) is 4.98 Å². The van der Waals surface area contributed by atoms with Crippen LogP contribution in [0.4, 0.5) is 5.69 Å². The summed E-state index contributed by atoms with van der Waals surface area (Å²) in [6.45, 7) is 0.560. The molecular formula is C13H12N4O2. The molecule has 0 aliphatic heterocycles. The minimum absolute atomic E-state index is 0.129. The minimum Gasteiger partial charge on any atom is -0.336 e. The Bertz CT molecular complexity index is 757. The van der Waals surface area contributed by atoms with Crippen molar-refractivity contribution in [2.45, 2.75) is 6.54 Å². The number of nitro groups is 1. The van der Waals surface area contributed by atoms with E-state index in [9.17, 15) is 10.1 Å². The number of imidazole rings is 1. The van der Waals surface area contributed by atoms with Gasteiger partial charge in [-0.1, -0.05) is 12.1 Å². The van der Waals surface area contributed by atoms with E-state index < -0.39 is 0 Å². The molecule has 19 heavy (non-hydrogen) atoms. The van der Waals surface area contributed by atoms with E-state index in [0.717, 1.165) is 11.1 Å². The number of hydrogen-bond acceptors (Lipinski definition) is 3. The fraction of sp³-hybridized carbons (Fsp3) is 0.154. The number of hydrogen-bond donors (Lipinski definition) is 0. The van der Waals surface area contributed by atoms with E-state index in [4.69, 9.17) is 0 Å². The van der Waals surface area contributed by atoms with Crippen LogP contribution in [-0.2, 0) is 13.6 Å². The topological polar surface area (TPSA) is 65.9 Å². The highest BCUT2D eigenvalue weighted by Gasteiger charge is 2.15. The van der Waals surface area contributed by atoms with Crippen LogP contribution in [0.25, 0.3) is 10.9 Å². The lowest BCUT2D eigenvalue weighted by molar-refractivity contribution is -0.383. The number of fused-ring (bicyclic) bond motifs is 1. The number of aromatic nitrogens is 3. The second-order valence-electron chi connectivity index (χ2n) is 4.41. The summed E-state index contributed by atoms with van der Waals surface area (Å²) in [6.07, 6.45) is 5.35. The fourth-order valence-corrected chi connectivity index (χ4v) is 2.23. The van der Waals surface area contributed by atoms with Crippen LogP contribution in [0.15, 0.2) is 43.0 Å². The van der Waals surface area contributed by atoms with Crippen LogP contribution in [0.1, 0.15) is 5.69 Å². The molecule has 0 N–H and O–H groups in total. The molecule has 0 amide bonds. The van der Waals surface area contributed by atoms with Gasteiger partial charge >= 0.3 is 0 Å². The lowest BCUT2D eigenvalue weighted by Gasteiger charge is -2.06. The number of nitro benzene ring substituents is 1. The summed E-state index contributed by atoms with van der Waals surface area (Å²) in [5.74, 6) is 0. The molecule has 0 spiro atoms. The SMILES string of the molecule is Cn1cncc1Cn1ccc2cccc([N+](=O)[O-])c21. The van der Waals surface area contributed by atoms with Crippen molar-refractivity contribution in [2.24, 2.45) is 7.05 Å². The molecule has 1 aromatic carbocycles. The molecular weight excluding hydrogens is 244 g/mol. The van der Waals surface area contributed by atoms with E-state index in [0.29, 0.717) is 12.1 Å². The monoisotopic (exact) mass is 256 g/mol. The Morgan fingerprint density at radius 1 is 1.37 bits per heavy atom. The molecule has 3 rings (SSSR count). The van der Waals surface area contributed by atoms with Gasteiger partial charge in [0.2, 0.25) is 0 Å². The molecule has 6 nitrogen and oxygen atoms in total. The van der Waals surface area contributed by atoms with Gasteiger partial charge in [-0.05, 0) is 6.07 Å². The molecule has 0 aliphatic carbocycles. The third kappa shape index (κ3) is 1.87. The van der Waals surface area contributed by atoms with Crippen LogP contribution in [-0.4, -0.2) is 19.0 Å². The Morgan fingerprint density at radius 3 is 2.89 bits per heavy atom. The van der Waals surface area contributed by atoms with Crippen LogP contribution < -0.4 is 0 Å². The highest BCUT2D eigenvalue weighted by atomic mass is 16.6. The Morgan fingerprint density at radius 2 is 2.21 bits per heavy atom. The second-order valence-corrected chi connectivity index (χ2v) is 4.41. The van der Waals surface area contributed by atoms with Crippen LogP contribution in [0, 0.1) is 10.1 Å². The van der Waals surface area contributed by atoms with E-state index in [1.807, 2.05) is 34.5 Å². The summed E-state index contributed by atoms with van der Waals surface area (Å²) in [4.78, 5) is 14.8. The largest absolute Gasteiger partial charge is 0.336 e.